The number of hydrogen-bond donors (Lipinski definition) is 0. The van der Waals surface area contributed by atoms with Gasteiger partial charge >= 0.3 is 0 Å². The average molecular weight is 317 g/mol. The number of carbonyl (C=O) groups is 1. The van der Waals surface area contributed by atoms with Crippen molar-refractivity contribution in [3.8, 4) is 6.07 Å². The SMILES string of the molecule is CC(=O)N(c1nnc(Sc2ccc(C#N)cn2)s1)C1CC1. The first-order valence-corrected chi connectivity index (χ1v) is 7.98. The van der Waals surface area contributed by atoms with Gasteiger partial charge in [0.1, 0.15) is 11.1 Å². The average Bonchev–Trinajstić information content (AvgIpc) is 3.20. The molecule has 8 heteroatoms. The summed E-state index contributed by atoms with van der Waals surface area (Å²) in [6.45, 7) is 1.55. The minimum absolute atomic E-state index is 0.00157. The zero-order valence-corrected chi connectivity index (χ0v) is 12.8. The molecular weight excluding hydrogens is 306 g/mol. The van der Waals surface area contributed by atoms with Gasteiger partial charge in [0.05, 0.1) is 5.56 Å². The number of nitrogens with zero attached hydrogens (tertiary/aromatic N) is 5. The highest BCUT2D eigenvalue weighted by molar-refractivity contribution is 8.01. The van der Waals surface area contributed by atoms with Crippen LogP contribution < -0.4 is 4.90 Å². The summed E-state index contributed by atoms with van der Waals surface area (Å²) in [6.07, 6.45) is 3.58. The number of carbonyl (C=O) groups excluding carboxylic acids is 1. The maximum Gasteiger partial charge on any atom is 0.225 e. The fourth-order valence-corrected chi connectivity index (χ4v) is 3.66. The molecule has 1 fully saturated rings. The zero-order valence-electron chi connectivity index (χ0n) is 11.2. The van der Waals surface area contributed by atoms with E-state index < -0.39 is 0 Å². The maximum atomic E-state index is 11.7. The van der Waals surface area contributed by atoms with Gasteiger partial charge < -0.3 is 0 Å². The fraction of sp³-hybridized carbons (Fsp3) is 0.308. The highest BCUT2D eigenvalue weighted by Gasteiger charge is 2.34. The molecule has 6 nitrogen and oxygen atoms in total. The van der Waals surface area contributed by atoms with Gasteiger partial charge in [0.15, 0.2) is 4.34 Å². The van der Waals surface area contributed by atoms with Gasteiger partial charge in [0.25, 0.3) is 0 Å². The van der Waals surface area contributed by atoms with E-state index in [-0.39, 0.29) is 11.9 Å². The summed E-state index contributed by atoms with van der Waals surface area (Å²) in [4.78, 5) is 17.6. The number of nitriles is 1. The number of hydrogen-bond acceptors (Lipinski definition) is 7. The van der Waals surface area contributed by atoms with Crippen LogP contribution in [0.1, 0.15) is 25.3 Å². The van der Waals surface area contributed by atoms with Crippen LogP contribution in [0.25, 0.3) is 0 Å². The fourth-order valence-electron chi connectivity index (χ4n) is 1.82. The van der Waals surface area contributed by atoms with Crippen molar-refractivity contribution in [2.45, 2.75) is 35.2 Å². The van der Waals surface area contributed by atoms with Gasteiger partial charge in [-0.1, -0.05) is 11.3 Å². The van der Waals surface area contributed by atoms with E-state index in [1.54, 1.807) is 24.0 Å². The molecule has 0 bridgehead atoms. The van der Waals surface area contributed by atoms with E-state index in [9.17, 15) is 4.79 Å². The summed E-state index contributed by atoms with van der Waals surface area (Å²) in [5.41, 5.74) is 0.522. The third-order valence-electron chi connectivity index (χ3n) is 2.91. The van der Waals surface area contributed by atoms with Crippen molar-refractivity contribution in [1.82, 2.24) is 15.2 Å². The van der Waals surface area contributed by atoms with Gasteiger partial charge in [-0.05, 0) is 36.7 Å². The third kappa shape index (κ3) is 3.20. The Morgan fingerprint density at radius 1 is 1.48 bits per heavy atom. The van der Waals surface area contributed by atoms with Crippen LogP contribution >= 0.6 is 23.1 Å². The predicted molar refractivity (Wildman–Crippen MR) is 79.2 cm³/mol. The number of amides is 1. The Morgan fingerprint density at radius 2 is 2.29 bits per heavy atom. The largest absolute Gasteiger partial charge is 0.284 e. The van der Waals surface area contributed by atoms with Crippen LogP contribution in [0.4, 0.5) is 5.13 Å². The van der Waals surface area contributed by atoms with Crippen molar-refractivity contribution in [1.29, 1.82) is 5.26 Å². The number of anilines is 1. The van der Waals surface area contributed by atoms with Crippen LogP contribution in [-0.4, -0.2) is 27.1 Å². The van der Waals surface area contributed by atoms with Crippen LogP contribution in [0.2, 0.25) is 0 Å². The van der Waals surface area contributed by atoms with Crippen molar-refractivity contribution in [2.24, 2.45) is 0 Å². The van der Waals surface area contributed by atoms with Crippen molar-refractivity contribution in [3.05, 3.63) is 23.9 Å². The molecule has 3 rings (SSSR count). The predicted octanol–water partition coefficient (Wildman–Crippen LogP) is 2.47. The normalized spacial score (nSPS) is 13.7. The van der Waals surface area contributed by atoms with Crippen LogP contribution in [0, 0.1) is 11.3 Å². The molecule has 0 aromatic carbocycles. The molecule has 21 heavy (non-hydrogen) atoms. The summed E-state index contributed by atoms with van der Waals surface area (Å²) < 4.78 is 0.731. The molecule has 1 aliphatic carbocycles. The Labute approximate surface area is 129 Å². The van der Waals surface area contributed by atoms with Gasteiger partial charge in [-0.15, -0.1) is 10.2 Å². The van der Waals surface area contributed by atoms with Crippen LogP contribution in [0.15, 0.2) is 27.7 Å². The molecule has 1 saturated carbocycles. The highest BCUT2D eigenvalue weighted by atomic mass is 32.2. The summed E-state index contributed by atoms with van der Waals surface area (Å²) in [5, 5.41) is 18.3. The molecule has 0 N–H and O–H groups in total. The highest BCUT2D eigenvalue weighted by Crippen LogP contribution is 2.37. The summed E-state index contributed by atoms with van der Waals surface area (Å²) >= 11 is 2.76. The smallest absolute Gasteiger partial charge is 0.225 e. The van der Waals surface area contributed by atoms with Gasteiger partial charge in [-0.2, -0.15) is 5.26 Å². The van der Waals surface area contributed by atoms with Crippen molar-refractivity contribution >= 4 is 34.1 Å². The van der Waals surface area contributed by atoms with E-state index in [0.29, 0.717) is 10.7 Å². The van der Waals surface area contributed by atoms with Crippen LogP contribution in [0.5, 0.6) is 0 Å². The lowest BCUT2D eigenvalue weighted by atomic mass is 10.3. The Morgan fingerprint density at radius 3 is 2.86 bits per heavy atom. The molecular formula is C13H11N5OS2. The van der Waals surface area contributed by atoms with Crippen molar-refractivity contribution in [3.63, 3.8) is 0 Å². The standard InChI is InChI=1S/C13H11N5OS2/c1-8(19)18(10-3-4-10)12-16-17-13(21-12)20-11-5-2-9(6-14)7-15-11/h2,5,7,10H,3-4H2,1H3. The van der Waals surface area contributed by atoms with Gasteiger partial charge in [0.2, 0.25) is 11.0 Å². The minimum atomic E-state index is 0.00157. The van der Waals surface area contributed by atoms with E-state index >= 15 is 0 Å². The third-order valence-corrected chi connectivity index (χ3v) is 4.83. The summed E-state index contributed by atoms with van der Waals surface area (Å²) in [6, 6.07) is 5.79. The molecule has 0 saturated heterocycles. The number of aromatic nitrogens is 3. The first kappa shape index (κ1) is 14.0. The van der Waals surface area contributed by atoms with E-state index in [2.05, 4.69) is 15.2 Å². The molecule has 1 amide bonds. The Bertz CT molecular complexity index is 702. The van der Waals surface area contributed by atoms with E-state index in [1.165, 1.54) is 29.3 Å². The number of pyridine rings is 1. The van der Waals surface area contributed by atoms with Gasteiger partial charge in [0, 0.05) is 19.2 Å². The Balaban J connectivity index is 1.75. The number of rotatable bonds is 4. The molecule has 2 aromatic heterocycles. The van der Waals surface area contributed by atoms with Crippen molar-refractivity contribution < 1.29 is 4.79 Å². The quantitative estimate of drug-likeness (QED) is 0.806. The lowest BCUT2D eigenvalue weighted by Gasteiger charge is -2.15. The topological polar surface area (TPSA) is 82.8 Å². The van der Waals surface area contributed by atoms with E-state index in [4.69, 9.17) is 5.26 Å². The summed E-state index contributed by atoms with van der Waals surface area (Å²) in [7, 11) is 0. The van der Waals surface area contributed by atoms with Crippen LogP contribution in [0.3, 0.4) is 0 Å². The van der Waals surface area contributed by atoms with E-state index in [0.717, 1.165) is 22.2 Å². The second-order valence-electron chi connectivity index (χ2n) is 4.57. The molecule has 106 valence electrons. The lowest BCUT2D eigenvalue weighted by molar-refractivity contribution is -0.116. The Kier molecular flexibility index (Phi) is 3.86. The van der Waals surface area contributed by atoms with Gasteiger partial charge in [-0.25, -0.2) is 4.98 Å². The Hall–Kier alpha value is -1.98. The molecule has 0 unspecified atom stereocenters. The van der Waals surface area contributed by atoms with Crippen molar-refractivity contribution in [2.75, 3.05) is 4.90 Å². The second kappa shape index (κ2) is 5.79. The van der Waals surface area contributed by atoms with E-state index in [1.807, 2.05) is 6.07 Å². The molecule has 0 aliphatic heterocycles. The zero-order chi connectivity index (χ0) is 14.8. The molecule has 2 aromatic rings. The first-order valence-electron chi connectivity index (χ1n) is 6.34. The molecule has 1 aliphatic rings. The molecule has 2 heterocycles. The monoisotopic (exact) mass is 317 g/mol. The molecule has 0 spiro atoms. The molecule has 0 atom stereocenters. The summed E-state index contributed by atoms with van der Waals surface area (Å²) in [5.74, 6) is 0.00157. The lowest BCUT2D eigenvalue weighted by Crippen LogP contribution is -2.30. The maximum absolute atomic E-state index is 11.7. The second-order valence-corrected chi connectivity index (χ2v) is 6.79. The minimum Gasteiger partial charge on any atom is -0.284 e. The van der Waals surface area contributed by atoms with Gasteiger partial charge in [-0.3, -0.25) is 9.69 Å². The molecule has 0 radical (unpaired) electrons. The van der Waals surface area contributed by atoms with Crippen LogP contribution in [-0.2, 0) is 4.79 Å². The first-order chi connectivity index (χ1) is 10.2.